The molecule has 0 aromatic carbocycles. The number of hydrogen-bond donors (Lipinski definition) is 1. The number of nitrogens with zero attached hydrogens (tertiary/aromatic N) is 4. The summed E-state index contributed by atoms with van der Waals surface area (Å²) in [5, 5.41) is 18.1. The van der Waals surface area contributed by atoms with E-state index in [1.807, 2.05) is 19.1 Å². The van der Waals surface area contributed by atoms with Gasteiger partial charge in [-0.3, -0.25) is 4.90 Å². The molecule has 0 aliphatic carbocycles. The van der Waals surface area contributed by atoms with Crippen molar-refractivity contribution in [1.29, 1.82) is 0 Å². The summed E-state index contributed by atoms with van der Waals surface area (Å²) in [5.74, 6) is 1.72. The first-order valence-electron chi connectivity index (χ1n) is 7.72. The summed E-state index contributed by atoms with van der Waals surface area (Å²) in [6.45, 7) is 8.67. The summed E-state index contributed by atoms with van der Waals surface area (Å²) in [4.78, 5) is 4.69. The molecule has 2 aliphatic heterocycles. The Labute approximate surface area is 125 Å². The summed E-state index contributed by atoms with van der Waals surface area (Å²) in [6, 6.07) is 4.01. The lowest BCUT2D eigenvalue weighted by Gasteiger charge is -2.30. The zero-order valence-electron chi connectivity index (χ0n) is 12.6. The molecule has 1 aromatic rings. The van der Waals surface area contributed by atoms with Gasteiger partial charge in [0, 0.05) is 45.2 Å². The molecule has 1 N–H and O–H groups in total. The fourth-order valence-corrected chi connectivity index (χ4v) is 3.22. The van der Waals surface area contributed by atoms with Crippen molar-refractivity contribution < 1.29 is 9.84 Å². The van der Waals surface area contributed by atoms with Crippen LogP contribution in [-0.4, -0.2) is 72.7 Å². The van der Waals surface area contributed by atoms with Gasteiger partial charge in [-0.2, -0.15) is 5.10 Å². The maximum Gasteiger partial charge on any atom is 0.151 e. The Morgan fingerprint density at radius 3 is 2.62 bits per heavy atom. The minimum Gasteiger partial charge on any atom is -0.396 e. The van der Waals surface area contributed by atoms with E-state index in [1.165, 1.54) is 0 Å². The van der Waals surface area contributed by atoms with Crippen LogP contribution in [0.5, 0.6) is 0 Å². The van der Waals surface area contributed by atoms with Crippen molar-refractivity contribution in [2.75, 3.05) is 57.4 Å². The van der Waals surface area contributed by atoms with Crippen LogP contribution in [0.1, 0.15) is 5.69 Å². The molecule has 6 heteroatoms. The predicted octanol–water partition coefficient (Wildman–Crippen LogP) is 0.162. The number of aromatic nitrogens is 2. The molecule has 0 amide bonds. The summed E-state index contributed by atoms with van der Waals surface area (Å²) in [7, 11) is 0. The van der Waals surface area contributed by atoms with Gasteiger partial charge < -0.3 is 14.7 Å². The third kappa shape index (κ3) is 3.51. The molecular formula is C15H24N4O2. The van der Waals surface area contributed by atoms with Gasteiger partial charge in [0.15, 0.2) is 5.82 Å². The van der Waals surface area contributed by atoms with Crippen LogP contribution in [0.25, 0.3) is 0 Å². The van der Waals surface area contributed by atoms with Crippen LogP contribution in [0, 0.1) is 18.8 Å². The molecule has 0 spiro atoms. The van der Waals surface area contributed by atoms with Gasteiger partial charge in [-0.05, 0) is 25.0 Å². The highest BCUT2D eigenvalue weighted by atomic mass is 16.5. The van der Waals surface area contributed by atoms with Crippen molar-refractivity contribution >= 4 is 5.82 Å². The number of anilines is 1. The normalized spacial score (nSPS) is 27.2. The van der Waals surface area contributed by atoms with Crippen LogP contribution in [0.4, 0.5) is 5.82 Å². The van der Waals surface area contributed by atoms with Gasteiger partial charge in [0.25, 0.3) is 0 Å². The lowest BCUT2D eigenvalue weighted by atomic mass is 9.96. The number of aryl methyl sites for hydroxylation is 1. The van der Waals surface area contributed by atoms with E-state index in [2.05, 4.69) is 20.0 Å². The first-order valence-corrected chi connectivity index (χ1v) is 7.72. The maximum absolute atomic E-state index is 9.67. The van der Waals surface area contributed by atoms with Crippen molar-refractivity contribution in [3.05, 3.63) is 17.8 Å². The number of morpholine rings is 1. The molecule has 2 saturated heterocycles. The molecule has 21 heavy (non-hydrogen) atoms. The second-order valence-corrected chi connectivity index (χ2v) is 6.05. The predicted molar refractivity (Wildman–Crippen MR) is 80.3 cm³/mol. The van der Waals surface area contributed by atoms with E-state index in [-0.39, 0.29) is 6.61 Å². The Bertz CT molecular complexity index is 447. The van der Waals surface area contributed by atoms with Crippen molar-refractivity contribution in [1.82, 2.24) is 15.1 Å². The topological polar surface area (TPSA) is 61.7 Å². The van der Waals surface area contributed by atoms with Crippen molar-refractivity contribution in [3.63, 3.8) is 0 Å². The first kappa shape index (κ1) is 14.7. The van der Waals surface area contributed by atoms with E-state index in [0.717, 1.165) is 57.4 Å². The second-order valence-electron chi connectivity index (χ2n) is 6.05. The van der Waals surface area contributed by atoms with E-state index in [1.54, 1.807) is 0 Å². The lowest BCUT2D eigenvalue weighted by Crippen LogP contribution is -2.41. The Morgan fingerprint density at radius 1 is 1.19 bits per heavy atom. The molecule has 2 aliphatic rings. The van der Waals surface area contributed by atoms with Gasteiger partial charge in [0.2, 0.25) is 0 Å². The molecule has 6 nitrogen and oxygen atoms in total. The Hall–Kier alpha value is -1.24. The quantitative estimate of drug-likeness (QED) is 0.853. The van der Waals surface area contributed by atoms with Crippen LogP contribution in [0.2, 0.25) is 0 Å². The Balaban J connectivity index is 1.63. The molecule has 3 heterocycles. The molecular weight excluding hydrogens is 268 g/mol. The average molecular weight is 292 g/mol. The summed E-state index contributed by atoms with van der Waals surface area (Å²) in [6.07, 6.45) is 0. The standard InChI is InChI=1S/C15H24N4O2/c1-12-2-3-15(17-16-12)19-9-13(14(10-19)11-20)8-18-4-6-21-7-5-18/h2-3,13-14,20H,4-11H2,1H3/t13-,14-/m1/s1. The molecule has 0 radical (unpaired) electrons. The average Bonchev–Trinajstić information content (AvgIpc) is 2.92. The number of aliphatic hydroxyl groups excluding tert-OH is 1. The van der Waals surface area contributed by atoms with Crippen LogP contribution >= 0.6 is 0 Å². The maximum atomic E-state index is 9.67. The van der Waals surface area contributed by atoms with Gasteiger partial charge in [0.1, 0.15) is 0 Å². The minimum atomic E-state index is 0.241. The molecule has 1 aromatic heterocycles. The van der Waals surface area contributed by atoms with Gasteiger partial charge in [0.05, 0.1) is 18.9 Å². The van der Waals surface area contributed by atoms with Crippen LogP contribution in [0.15, 0.2) is 12.1 Å². The van der Waals surface area contributed by atoms with Crippen molar-refractivity contribution in [2.45, 2.75) is 6.92 Å². The molecule has 2 fully saturated rings. The number of rotatable bonds is 4. The molecule has 2 atom stereocenters. The third-order valence-electron chi connectivity index (χ3n) is 4.52. The lowest BCUT2D eigenvalue weighted by molar-refractivity contribution is 0.0268. The van der Waals surface area contributed by atoms with Gasteiger partial charge in [-0.1, -0.05) is 0 Å². The Kier molecular flexibility index (Phi) is 4.67. The van der Waals surface area contributed by atoms with E-state index in [9.17, 15) is 5.11 Å². The van der Waals surface area contributed by atoms with E-state index < -0.39 is 0 Å². The SMILES string of the molecule is Cc1ccc(N2C[C@@H](CN3CCOCC3)[C@@H](CO)C2)nn1. The Morgan fingerprint density at radius 2 is 1.95 bits per heavy atom. The summed E-state index contributed by atoms with van der Waals surface area (Å²) < 4.78 is 5.40. The second kappa shape index (κ2) is 6.68. The minimum absolute atomic E-state index is 0.241. The largest absolute Gasteiger partial charge is 0.396 e. The van der Waals surface area contributed by atoms with Gasteiger partial charge in [-0.15, -0.1) is 5.10 Å². The van der Waals surface area contributed by atoms with E-state index >= 15 is 0 Å². The van der Waals surface area contributed by atoms with Gasteiger partial charge >= 0.3 is 0 Å². The summed E-state index contributed by atoms with van der Waals surface area (Å²) in [5.41, 5.74) is 0.932. The smallest absolute Gasteiger partial charge is 0.151 e. The highest BCUT2D eigenvalue weighted by Crippen LogP contribution is 2.27. The van der Waals surface area contributed by atoms with Crippen LogP contribution < -0.4 is 4.90 Å². The monoisotopic (exact) mass is 292 g/mol. The highest BCUT2D eigenvalue weighted by Gasteiger charge is 2.34. The zero-order chi connectivity index (χ0) is 14.7. The molecule has 0 unspecified atom stereocenters. The van der Waals surface area contributed by atoms with Crippen molar-refractivity contribution in [3.8, 4) is 0 Å². The highest BCUT2D eigenvalue weighted by molar-refractivity contribution is 5.39. The van der Waals surface area contributed by atoms with Gasteiger partial charge in [-0.25, -0.2) is 0 Å². The van der Waals surface area contributed by atoms with E-state index in [4.69, 9.17) is 4.74 Å². The number of aliphatic hydroxyl groups is 1. The number of hydrogen-bond acceptors (Lipinski definition) is 6. The molecule has 0 saturated carbocycles. The molecule has 0 bridgehead atoms. The van der Waals surface area contributed by atoms with Crippen molar-refractivity contribution in [2.24, 2.45) is 11.8 Å². The fraction of sp³-hybridized carbons (Fsp3) is 0.733. The fourth-order valence-electron chi connectivity index (χ4n) is 3.22. The first-order chi connectivity index (χ1) is 10.3. The number of ether oxygens (including phenoxy) is 1. The van der Waals surface area contributed by atoms with Crippen LogP contribution in [0.3, 0.4) is 0 Å². The molecule has 116 valence electrons. The summed E-state index contributed by atoms with van der Waals surface area (Å²) >= 11 is 0. The van der Waals surface area contributed by atoms with Crippen LogP contribution in [-0.2, 0) is 4.74 Å². The van der Waals surface area contributed by atoms with E-state index in [0.29, 0.717) is 11.8 Å². The molecule has 3 rings (SSSR count). The third-order valence-corrected chi connectivity index (χ3v) is 4.52. The zero-order valence-corrected chi connectivity index (χ0v) is 12.6.